The molecule has 1 unspecified atom stereocenters. The molecule has 9 heteroatoms. The van der Waals surface area contributed by atoms with Crippen LogP contribution in [0, 0.1) is 0 Å². The van der Waals surface area contributed by atoms with Gasteiger partial charge in [0.2, 0.25) is 5.88 Å². The molecule has 2 heterocycles. The third-order valence-electron chi connectivity index (χ3n) is 4.81. The minimum atomic E-state index is -0.572. The fourth-order valence-corrected chi connectivity index (χ4v) is 3.84. The zero-order valence-electron chi connectivity index (χ0n) is 16.3. The quantitative estimate of drug-likeness (QED) is 0.512. The molecule has 0 aliphatic carbocycles. The maximum Gasteiger partial charge on any atom is 0.274 e. The van der Waals surface area contributed by atoms with Crippen molar-refractivity contribution in [3.05, 3.63) is 86.5 Å². The van der Waals surface area contributed by atoms with E-state index in [1.54, 1.807) is 47.4 Å². The summed E-state index contributed by atoms with van der Waals surface area (Å²) in [6.07, 6.45) is -0.572. The number of amides is 1. The third-order valence-corrected chi connectivity index (χ3v) is 5.63. The standard InChI is InChI=1S/C22H18Cl3N3O3/c23-15-3-1-14(2-4-15)21(17-6-5-16(24)13-18(17)25)31-20-8-7-19(26-27-20)22(29)28-9-11-30-12-10-28/h1-8,13,21H,9-12H2. The van der Waals surface area contributed by atoms with E-state index < -0.39 is 6.10 Å². The van der Waals surface area contributed by atoms with Crippen LogP contribution in [0.25, 0.3) is 0 Å². The lowest BCUT2D eigenvalue weighted by Gasteiger charge is -2.26. The first-order chi connectivity index (χ1) is 15.0. The van der Waals surface area contributed by atoms with Crippen LogP contribution >= 0.6 is 34.8 Å². The highest BCUT2D eigenvalue weighted by Crippen LogP contribution is 2.34. The molecule has 0 spiro atoms. The highest BCUT2D eigenvalue weighted by molar-refractivity contribution is 6.35. The van der Waals surface area contributed by atoms with E-state index in [-0.39, 0.29) is 17.5 Å². The summed E-state index contributed by atoms with van der Waals surface area (Å²) in [6, 6.07) is 15.7. The highest BCUT2D eigenvalue weighted by atomic mass is 35.5. The smallest absolute Gasteiger partial charge is 0.274 e. The number of benzene rings is 2. The van der Waals surface area contributed by atoms with E-state index in [0.29, 0.717) is 46.9 Å². The molecule has 0 saturated carbocycles. The summed E-state index contributed by atoms with van der Waals surface area (Å²) in [5.41, 5.74) is 1.79. The number of morpholine rings is 1. The first-order valence-corrected chi connectivity index (χ1v) is 10.7. The Bertz CT molecular complexity index is 1060. The number of ether oxygens (including phenoxy) is 2. The van der Waals surface area contributed by atoms with Crippen LogP contribution in [0.4, 0.5) is 0 Å². The molecule has 0 bridgehead atoms. The van der Waals surface area contributed by atoms with Gasteiger partial charge in [0.15, 0.2) is 11.8 Å². The van der Waals surface area contributed by atoms with E-state index in [2.05, 4.69) is 10.2 Å². The zero-order chi connectivity index (χ0) is 21.8. The Balaban J connectivity index is 1.59. The average Bonchev–Trinajstić information content (AvgIpc) is 2.79. The summed E-state index contributed by atoms with van der Waals surface area (Å²) >= 11 is 18.5. The Morgan fingerprint density at radius 3 is 2.29 bits per heavy atom. The summed E-state index contributed by atoms with van der Waals surface area (Å²) < 4.78 is 11.4. The molecule has 1 amide bonds. The molecule has 6 nitrogen and oxygen atoms in total. The Morgan fingerprint density at radius 1 is 0.935 bits per heavy atom. The molecule has 1 aliphatic heterocycles. The summed E-state index contributed by atoms with van der Waals surface area (Å²) in [5.74, 6) is 0.0711. The summed E-state index contributed by atoms with van der Waals surface area (Å²) in [6.45, 7) is 2.11. The monoisotopic (exact) mass is 477 g/mol. The number of halogens is 3. The van der Waals surface area contributed by atoms with E-state index >= 15 is 0 Å². The molecule has 4 rings (SSSR count). The van der Waals surface area contributed by atoms with Crippen LogP contribution in [-0.2, 0) is 4.74 Å². The van der Waals surface area contributed by atoms with Gasteiger partial charge in [-0.3, -0.25) is 4.79 Å². The van der Waals surface area contributed by atoms with Crippen molar-refractivity contribution < 1.29 is 14.3 Å². The first-order valence-electron chi connectivity index (χ1n) is 9.59. The van der Waals surface area contributed by atoms with Gasteiger partial charge in [0.1, 0.15) is 0 Å². The van der Waals surface area contributed by atoms with E-state index in [4.69, 9.17) is 44.3 Å². The second-order valence-electron chi connectivity index (χ2n) is 6.88. The van der Waals surface area contributed by atoms with Gasteiger partial charge in [-0.15, -0.1) is 10.2 Å². The van der Waals surface area contributed by atoms with Crippen molar-refractivity contribution in [2.24, 2.45) is 0 Å². The van der Waals surface area contributed by atoms with E-state index in [1.807, 2.05) is 12.1 Å². The van der Waals surface area contributed by atoms with Crippen molar-refractivity contribution in [1.29, 1.82) is 0 Å². The molecular weight excluding hydrogens is 461 g/mol. The molecule has 1 saturated heterocycles. The number of nitrogens with zero attached hydrogens (tertiary/aromatic N) is 3. The maximum atomic E-state index is 12.6. The van der Waals surface area contributed by atoms with Crippen LogP contribution in [-0.4, -0.2) is 47.3 Å². The second-order valence-corrected chi connectivity index (χ2v) is 8.16. The molecule has 3 aromatic rings. The fourth-order valence-electron chi connectivity index (χ4n) is 3.21. The zero-order valence-corrected chi connectivity index (χ0v) is 18.6. The molecule has 2 aromatic carbocycles. The Hall–Kier alpha value is -2.38. The molecule has 160 valence electrons. The van der Waals surface area contributed by atoms with Crippen LogP contribution in [0.2, 0.25) is 15.1 Å². The van der Waals surface area contributed by atoms with Crippen molar-refractivity contribution in [1.82, 2.24) is 15.1 Å². The second kappa shape index (κ2) is 9.83. The van der Waals surface area contributed by atoms with Gasteiger partial charge in [-0.25, -0.2) is 0 Å². The number of rotatable bonds is 5. The molecule has 31 heavy (non-hydrogen) atoms. The highest BCUT2D eigenvalue weighted by Gasteiger charge is 2.22. The topological polar surface area (TPSA) is 64.5 Å². The van der Waals surface area contributed by atoms with Crippen molar-refractivity contribution in [3.8, 4) is 5.88 Å². The van der Waals surface area contributed by atoms with Gasteiger partial charge in [-0.2, -0.15) is 0 Å². The Kier molecular flexibility index (Phi) is 6.92. The molecule has 1 fully saturated rings. The van der Waals surface area contributed by atoms with E-state index in [0.717, 1.165) is 5.56 Å². The lowest BCUT2D eigenvalue weighted by molar-refractivity contribution is 0.0298. The summed E-state index contributed by atoms with van der Waals surface area (Å²) in [4.78, 5) is 14.3. The summed E-state index contributed by atoms with van der Waals surface area (Å²) in [5, 5.41) is 9.75. The lowest BCUT2D eigenvalue weighted by Crippen LogP contribution is -2.41. The van der Waals surface area contributed by atoms with Crippen LogP contribution < -0.4 is 4.74 Å². The molecule has 1 aromatic heterocycles. The Labute approximate surface area is 194 Å². The number of hydrogen-bond donors (Lipinski definition) is 0. The average molecular weight is 479 g/mol. The number of hydrogen-bond acceptors (Lipinski definition) is 5. The predicted octanol–water partition coefficient (Wildman–Crippen LogP) is 5.08. The molecule has 1 atom stereocenters. The van der Waals surface area contributed by atoms with E-state index in [1.165, 1.54) is 0 Å². The third kappa shape index (κ3) is 5.28. The van der Waals surface area contributed by atoms with Crippen LogP contribution in [0.1, 0.15) is 27.7 Å². The van der Waals surface area contributed by atoms with Gasteiger partial charge in [-0.05, 0) is 35.9 Å². The molecule has 0 N–H and O–H groups in total. The Morgan fingerprint density at radius 2 is 1.65 bits per heavy atom. The van der Waals surface area contributed by atoms with E-state index in [9.17, 15) is 4.79 Å². The molecular formula is C22H18Cl3N3O3. The van der Waals surface area contributed by atoms with Crippen LogP contribution in [0.15, 0.2) is 54.6 Å². The van der Waals surface area contributed by atoms with Gasteiger partial charge < -0.3 is 14.4 Å². The van der Waals surface area contributed by atoms with Crippen molar-refractivity contribution in [3.63, 3.8) is 0 Å². The number of carbonyl (C=O) groups is 1. The number of carbonyl (C=O) groups excluding carboxylic acids is 1. The van der Waals surface area contributed by atoms with Crippen LogP contribution in [0.3, 0.4) is 0 Å². The largest absolute Gasteiger partial charge is 0.463 e. The normalized spacial score (nSPS) is 14.9. The van der Waals surface area contributed by atoms with Crippen LogP contribution in [0.5, 0.6) is 5.88 Å². The maximum absolute atomic E-state index is 12.6. The van der Waals surface area contributed by atoms with Gasteiger partial charge in [0.25, 0.3) is 5.91 Å². The molecule has 0 radical (unpaired) electrons. The van der Waals surface area contributed by atoms with Gasteiger partial charge in [0, 0.05) is 39.8 Å². The lowest BCUT2D eigenvalue weighted by atomic mass is 10.0. The SMILES string of the molecule is O=C(c1ccc(OC(c2ccc(Cl)cc2)c2ccc(Cl)cc2Cl)nn1)N1CCOCC1. The van der Waals surface area contributed by atoms with Crippen molar-refractivity contribution in [2.75, 3.05) is 26.3 Å². The predicted molar refractivity (Wildman–Crippen MR) is 119 cm³/mol. The van der Waals surface area contributed by atoms with Gasteiger partial charge >= 0.3 is 0 Å². The summed E-state index contributed by atoms with van der Waals surface area (Å²) in [7, 11) is 0. The minimum Gasteiger partial charge on any atom is -0.463 e. The van der Waals surface area contributed by atoms with Crippen molar-refractivity contribution >= 4 is 40.7 Å². The number of aromatic nitrogens is 2. The molecule has 1 aliphatic rings. The first kappa shape index (κ1) is 21.8. The minimum absolute atomic E-state index is 0.183. The van der Waals surface area contributed by atoms with Crippen molar-refractivity contribution in [2.45, 2.75) is 6.10 Å². The van der Waals surface area contributed by atoms with Gasteiger partial charge in [0.05, 0.1) is 13.2 Å². The van der Waals surface area contributed by atoms with Gasteiger partial charge in [-0.1, -0.05) is 53.0 Å². The fraction of sp³-hybridized carbons (Fsp3) is 0.227.